The van der Waals surface area contributed by atoms with E-state index in [1.54, 1.807) is 0 Å². The molecular formula is C14H16BrN3O. The minimum Gasteiger partial charge on any atom is -0.436 e. The zero-order valence-electron chi connectivity index (χ0n) is 10.9. The van der Waals surface area contributed by atoms with Crippen LogP contribution >= 0.6 is 15.9 Å². The Kier molecular flexibility index (Phi) is 4.87. The molecule has 0 spiro atoms. The van der Waals surface area contributed by atoms with E-state index in [0.717, 1.165) is 15.9 Å². The van der Waals surface area contributed by atoms with Crippen LogP contribution in [0.15, 0.2) is 40.9 Å². The van der Waals surface area contributed by atoms with E-state index in [1.165, 1.54) is 0 Å². The number of hydrogen-bond donors (Lipinski definition) is 1. The van der Waals surface area contributed by atoms with Gasteiger partial charge < -0.3 is 10.1 Å². The van der Waals surface area contributed by atoms with Crippen LogP contribution in [0.1, 0.15) is 19.5 Å². The smallest absolute Gasteiger partial charge is 0.238 e. The molecule has 19 heavy (non-hydrogen) atoms. The molecular weight excluding hydrogens is 306 g/mol. The Hall–Kier alpha value is -1.46. The second kappa shape index (κ2) is 6.63. The standard InChI is InChI=1S/C14H16BrN3O/c1-10(2)16-9-11-7-8-14(18-17-11)19-13-6-4-3-5-12(13)15/h3-8,10,16H,9H2,1-2H3. The summed E-state index contributed by atoms with van der Waals surface area (Å²) >= 11 is 3.43. The minimum atomic E-state index is 0.429. The van der Waals surface area contributed by atoms with Crippen LogP contribution in [0, 0.1) is 0 Å². The number of nitrogens with one attached hydrogen (secondary N) is 1. The van der Waals surface area contributed by atoms with E-state index in [-0.39, 0.29) is 0 Å². The lowest BCUT2D eigenvalue weighted by molar-refractivity contribution is 0.450. The van der Waals surface area contributed by atoms with Crippen molar-refractivity contribution in [2.24, 2.45) is 0 Å². The van der Waals surface area contributed by atoms with Gasteiger partial charge in [0.25, 0.3) is 0 Å². The second-order valence-corrected chi connectivity index (χ2v) is 5.29. The van der Waals surface area contributed by atoms with Crippen molar-refractivity contribution in [2.45, 2.75) is 26.4 Å². The normalized spacial score (nSPS) is 10.7. The molecule has 0 bridgehead atoms. The third-order valence-corrected chi connectivity index (χ3v) is 3.09. The Morgan fingerprint density at radius 2 is 1.95 bits per heavy atom. The molecule has 0 saturated carbocycles. The molecule has 0 aliphatic heterocycles. The van der Waals surface area contributed by atoms with Crippen LogP contribution in [0.2, 0.25) is 0 Å². The molecule has 0 unspecified atom stereocenters. The van der Waals surface area contributed by atoms with E-state index in [0.29, 0.717) is 18.5 Å². The number of hydrogen-bond acceptors (Lipinski definition) is 4. The van der Waals surface area contributed by atoms with E-state index in [9.17, 15) is 0 Å². The number of aromatic nitrogens is 2. The fourth-order valence-corrected chi connectivity index (χ4v) is 1.81. The Morgan fingerprint density at radius 1 is 1.16 bits per heavy atom. The molecule has 1 aromatic heterocycles. The van der Waals surface area contributed by atoms with Gasteiger partial charge in [-0.05, 0) is 34.1 Å². The van der Waals surface area contributed by atoms with Crippen molar-refractivity contribution < 1.29 is 4.74 Å². The summed E-state index contributed by atoms with van der Waals surface area (Å²) in [6.07, 6.45) is 0. The highest BCUT2D eigenvalue weighted by Gasteiger charge is 2.04. The summed E-state index contributed by atoms with van der Waals surface area (Å²) in [4.78, 5) is 0. The van der Waals surface area contributed by atoms with E-state index < -0.39 is 0 Å². The van der Waals surface area contributed by atoms with Crippen molar-refractivity contribution in [3.8, 4) is 11.6 Å². The number of para-hydroxylation sites is 1. The van der Waals surface area contributed by atoms with Crippen LogP contribution in [0.3, 0.4) is 0 Å². The van der Waals surface area contributed by atoms with Crippen molar-refractivity contribution in [3.63, 3.8) is 0 Å². The lowest BCUT2D eigenvalue weighted by atomic mass is 10.3. The van der Waals surface area contributed by atoms with Gasteiger partial charge in [-0.25, -0.2) is 0 Å². The number of ether oxygens (including phenoxy) is 1. The first kappa shape index (κ1) is 14.0. The van der Waals surface area contributed by atoms with Gasteiger partial charge in [-0.15, -0.1) is 5.10 Å². The van der Waals surface area contributed by atoms with Crippen LogP contribution in [0.4, 0.5) is 0 Å². The van der Waals surface area contributed by atoms with Gasteiger partial charge in [-0.1, -0.05) is 26.0 Å². The Bertz CT molecular complexity index is 528. The molecule has 1 N–H and O–H groups in total. The first-order valence-corrected chi connectivity index (χ1v) is 6.93. The number of rotatable bonds is 5. The summed E-state index contributed by atoms with van der Waals surface area (Å²) in [5.74, 6) is 1.21. The maximum absolute atomic E-state index is 5.65. The number of benzene rings is 1. The monoisotopic (exact) mass is 321 g/mol. The Balaban J connectivity index is 2.01. The topological polar surface area (TPSA) is 47.0 Å². The lowest BCUT2D eigenvalue weighted by Gasteiger charge is -2.08. The predicted molar refractivity (Wildman–Crippen MR) is 78.2 cm³/mol. The first-order chi connectivity index (χ1) is 9.15. The van der Waals surface area contributed by atoms with Gasteiger partial charge in [0.15, 0.2) is 0 Å². The average Bonchev–Trinajstić information content (AvgIpc) is 2.40. The van der Waals surface area contributed by atoms with Crippen molar-refractivity contribution >= 4 is 15.9 Å². The summed E-state index contributed by atoms with van der Waals surface area (Å²) in [5.41, 5.74) is 0.896. The quantitative estimate of drug-likeness (QED) is 0.915. The largest absolute Gasteiger partial charge is 0.436 e. The van der Waals surface area contributed by atoms with Gasteiger partial charge in [0.05, 0.1) is 10.2 Å². The van der Waals surface area contributed by atoms with E-state index in [4.69, 9.17) is 4.74 Å². The molecule has 0 amide bonds. The lowest BCUT2D eigenvalue weighted by Crippen LogP contribution is -2.22. The highest BCUT2D eigenvalue weighted by atomic mass is 79.9. The molecule has 2 aromatic rings. The molecule has 5 heteroatoms. The summed E-state index contributed by atoms with van der Waals surface area (Å²) in [7, 11) is 0. The van der Waals surface area contributed by atoms with Crippen LogP contribution in [0.5, 0.6) is 11.6 Å². The van der Waals surface area contributed by atoms with E-state index in [1.807, 2.05) is 36.4 Å². The molecule has 100 valence electrons. The SMILES string of the molecule is CC(C)NCc1ccc(Oc2ccccc2Br)nn1. The molecule has 1 aromatic carbocycles. The van der Waals surface area contributed by atoms with Crippen LogP contribution in [-0.4, -0.2) is 16.2 Å². The molecule has 0 aliphatic rings. The van der Waals surface area contributed by atoms with Gasteiger partial charge in [0, 0.05) is 18.7 Å². The van der Waals surface area contributed by atoms with Gasteiger partial charge in [-0.2, -0.15) is 5.10 Å². The average molecular weight is 322 g/mol. The van der Waals surface area contributed by atoms with Crippen LogP contribution in [-0.2, 0) is 6.54 Å². The molecule has 4 nitrogen and oxygen atoms in total. The maximum atomic E-state index is 5.65. The molecule has 0 aliphatic carbocycles. The van der Waals surface area contributed by atoms with Gasteiger partial charge >= 0.3 is 0 Å². The first-order valence-electron chi connectivity index (χ1n) is 6.13. The maximum Gasteiger partial charge on any atom is 0.238 e. The minimum absolute atomic E-state index is 0.429. The van der Waals surface area contributed by atoms with Gasteiger partial charge in [0.2, 0.25) is 5.88 Å². The fourth-order valence-electron chi connectivity index (χ4n) is 1.45. The summed E-state index contributed by atoms with van der Waals surface area (Å²) in [6, 6.07) is 11.8. The Morgan fingerprint density at radius 3 is 2.58 bits per heavy atom. The fraction of sp³-hybridized carbons (Fsp3) is 0.286. The zero-order valence-corrected chi connectivity index (χ0v) is 12.5. The highest BCUT2D eigenvalue weighted by Crippen LogP contribution is 2.27. The number of halogens is 1. The summed E-state index contributed by atoms with van der Waals surface area (Å²) in [5, 5.41) is 11.5. The molecule has 0 radical (unpaired) electrons. The Labute approximate surface area is 121 Å². The molecule has 0 atom stereocenters. The molecule has 1 heterocycles. The predicted octanol–water partition coefficient (Wildman–Crippen LogP) is 3.53. The van der Waals surface area contributed by atoms with Crippen molar-refractivity contribution in [2.75, 3.05) is 0 Å². The van der Waals surface area contributed by atoms with Gasteiger partial charge in [-0.3, -0.25) is 0 Å². The zero-order chi connectivity index (χ0) is 13.7. The molecule has 2 rings (SSSR count). The third kappa shape index (κ3) is 4.29. The van der Waals surface area contributed by atoms with Crippen molar-refractivity contribution in [3.05, 3.63) is 46.6 Å². The molecule has 0 saturated heterocycles. The molecule has 0 fully saturated rings. The van der Waals surface area contributed by atoms with E-state index in [2.05, 4.69) is 45.3 Å². The van der Waals surface area contributed by atoms with Crippen molar-refractivity contribution in [1.29, 1.82) is 0 Å². The second-order valence-electron chi connectivity index (χ2n) is 4.43. The number of nitrogens with zero attached hydrogens (tertiary/aromatic N) is 2. The van der Waals surface area contributed by atoms with E-state index >= 15 is 0 Å². The third-order valence-electron chi connectivity index (χ3n) is 2.44. The van der Waals surface area contributed by atoms with Crippen LogP contribution in [0.25, 0.3) is 0 Å². The van der Waals surface area contributed by atoms with Crippen molar-refractivity contribution in [1.82, 2.24) is 15.5 Å². The summed E-state index contributed by atoms with van der Waals surface area (Å²) < 4.78 is 6.54. The highest BCUT2D eigenvalue weighted by molar-refractivity contribution is 9.10. The van der Waals surface area contributed by atoms with Crippen LogP contribution < -0.4 is 10.1 Å². The summed E-state index contributed by atoms with van der Waals surface area (Å²) in [6.45, 7) is 4.90. The van der Waals surface area contributed by atoms with Gasteiger partial charge in [0.1, 0.15) is 5.75 Å².